The highest BCUT2D eigenvalue weighted by Crippen LogP contribution is 2.22. The molecule has 1 unspecified atom stereocenters. The Balaban J connectivity index is 2.86. The first-order chi connectivity index (χ1) is 6.53. The third-order valence-electron chi connectivity index (χ3n) is 2.78. The number of carbonyl (C=O) groups excluding carboxylic acids is 1. The fourth-order valence-electron chi connectivity index (χ4n) is 2.02. The molecular weight excluding hydrogens is 178 g/mol. The van der Waals surface area contributed by atoms with Crippen LogP contribution in [-0.4, -0.2) is 35.5 Å². The van der Waals surface area contributed by atoms with Gasteiger partial charge in [0.05, 0.1) is 12.5 Å². The van der Waals surface area contributed by atoms with E-state index in [0.29, 0.717) is 6.54 Å². The van der Waals surface area contributed by atoms with E-state index in [1.807, 2.05) is 6.92 Å². The molecule has 14 heavy (non-hydrogen) atoms. The van der Waals surface area contributed by atoms with Crippen LogP contribution >= 0.6 is 0 Å². The van der Waals surface area contributed by atoms with Gasteiger partial charge in [-0.05, 0) is 20.4 Å². The van der Waals surface area contributed by atoms with Crippen LogP contribution in [0.1, 0.15) is 27.2 Å². The van der Waals surface area contributed by atoms with Crippen LogP contribution in [0.3, 0.4) is 0 Å². The van der Waals surface area contributed by atoms with Crippen molar-refractivity contribution >= 4 is 5.91 Å². The molecule has 1 saturated heterocycles. The molecule has 78 valence electrons. The molecule has 0 aliphatic carbocycles. The van der Waals surface area contributed by atoms with Gasteiger partial charge in [0.2, 0.25) is 5.91 Å². The van der Waals surface area contributed by atoms with Crippen molar-refractivity contribution in [2.45, 2.75) is 38.8 Å². The molecule has 0 bridgehead atoms. The molecule has 0 aromatic rings. The average molecular weight is 195 g/mol. The number of nitrogens with zero attached hydrogens (tertiary/aromatic N) is 2. The quantitative estimate of drug-likeness (QED) is 0.698. The molecule has 0 aromatic carbocycles. The maximum absolute atomic E-state index is 11.5. The summed E-state index contributed by atoms with van der Waals surface area (Å²) in [6.07, 6.45) is 0.267. The normalized spacial score (nSPS) is 26.7. The Morgan fingerprint density at radius 2 is 2.36 bits per heavy atom. The molecule has 4 heteroatoms. The molecule has 1 N–H and O–H groups in total. The van der Waals surface area contributed by atoms with Crippen molar-refractivity contribution in [2.24, 2.45) is 0 Å². The van der Waals surface area contributed by atoms with Crippen molar-refractivity contribution in [1.82, 2.24) is 10.2 Å². The Kier molecular flexibility index (Phi) is 3.12. The van der Waals surface area contributed by atoms with Gasteiger partial charge < -0.3 is 5.32 Å². The zero-order chi connectivity index (χ0) is 10.8. The SMILES string of the molecule is CCN1C(CC#N)C(=O)NCC1(C)C. The zero-order valence-corrected chi connectivity index (χ0v) is 9.00. The van der Waals surface area contributed by atoms with Crippen molar-refractivity contribution in [1.29, 1.82) is 5.26 Å². The number of hydrogen-bond donors (Lipinski definition) is 1. The Morgan fingerprint density at radius 1 is 1.71 bits per heavy atom. The molecule has 1 fully saturated rings. The molecule has 1 amide bonds. The van der Waals surface area contributed by atoms with Gasteiger partial charge in [-0.15, -0.1) is 0 Å². The number of likely N-dealkylation sites (N-methyl/N-ethyl adjacent to an activating group) is 1. The summed E-state index contributed by atoms with van der Waals surface area (Å²) >= 11 is 0. The lowest BCUT2D eigenvalue weighted by molar-refractivity contribution is -0.133. The van der Waals surface area contributed by atoms with Crippen molar-refractivity contribution in [3.63, 3.8) is 0 Å². The Morgan fingerprint density at radius 3 is 2.86 bits per heavy atom. The molecule has 4 nitrogen and oxygen atoms in total. The predicted molar refractivity (Wildman–Crippen MR) is 53.5 cm³/mol. The van der Waals surface area contributed by atoms with E-state index in [1.54, 1.807) is 0 Å². The maximum atomic E-state index is 11.5. The number of amides is 1. The molecule has 0 radical (unpaired) electrons. The van der Waals surface area contributed by atoms with Crippen LogP contribution in [0, 0.1) is 11.3 Å². The Bertz CT molecular complexity index is 267. The Hall–Kier alpha value is -1.08. The maximum Gasteiger partial charge on any atom is 0.238 e. The monoisotopic (exact) mass is 195 g/mol. The molecule has 1 aliphatic rings. The van der Waals surface area contributed by atoms with E-state index in [1.165, 1.54) is 0 Å². The summed E-state index contributed by atoms with van der Waals surface area (Å²) in [6, 6.07) is 1.78. The van der Waals surface area contributed by atoms with Gasteiger partial charge in [0, 0.05) is 12.1 Å². The van der Waals surface area contributed by atoms with E-state index >= 15 is 0 Å². The van der Waals surface area contributed by atoms with Crippen LogP contribution < -0.4 is 5.32 Å². The third kappa shape index (κ3) is 1.88. The smallest absolute Gasteiger partial charge is 0.238 e. The molecule has 1 rings (SSSR count). The summed E-state index contributed by atoms with van der Waals surface area (Å²) in [5, 5.41) is 11.5. The second-order valence-electron chi connectivity index (χ2n) is 4.19. The number of carbonyl (C=O) groups is 1. The van der Waals surface area contributed by atoms with Gasteiger partial charge in [0.1, 0.15) is 6.04 Å². The summed E-state index contributed by atoms with van der Waals surface area (Å²) in [4.78, 5) is 13.6. The molecule has 0 saturated carbocycles. The van der Waals surface area contributed by atoms with E-state index in [-0.39, 0.29) is 23.9 Å². The lowest BCUT2D eigenvalue weighted by atomic mass is 9.94. The molecule has 0 spiro atoms. The van der Waals surface area contributed by atoms with Crippen LogP contribution in [0.5, 0.6) is 0 Å². The average Bonchev–Trinajstić information content (AvgIpc) is 2.12. The van der Waals surface area contributed by atoms with E-state index in [9.17, 15) is 4.79 Å². The standard InChI is InChI=1S/C10H17N3O/c1-4-13-8(5-6-11)9(14)12-7-10(13,2)3/h8H,4-5,7H2,1-3H3,(H,12,14). The second kappa shape index (κ2) is 3.97. The highest BCUT2D eigenvalue weighted by atomic mass is 16.2. The van der Waals surface area contributed by atoms with Crippen molar-refractivity contribution in [2.75, 3.05) is 13.1 Å². The lowest BCUT2D eigenvalue weighted by Gasteiger charge is -2.46. The number of hydrogen-bond acceptors (Lipinski definition) is 3. The number of nitriles is 1. The topological polar surface area (TPSA) is 56.1 Å². The van der Waals surface area contributed by atoms with Gasteiger partial charge in [0.15, 0.2) is 0 Å². The largest absolute Gasteiger partial charge is 0.353 e. The summed E-state index contributed by atoms with van der Waals surface area (Å²) in [5.41, 5.74) is -0.0514. The zero-order valence-electron chi connectivity index (χ0n) is 9.00. The van der Waals surface area contributed by atoms with Crippen molar-refractivity contribution in [3.05, 3.63) is 0 Å². The fourth-order valence-corrected chi connectivity index (χ4v) is 2.02. The predicted octanol–water partition coefficient (Wildman–Crippen LogP) is 0.499. The second-order valence-corrected chi connectivity index (χ2v) is 4.19. The minimum Gasteiger partial charge on any atom is -0.353 e. The fraction of sp³-hybridized carbons (Fsp3) is 0.800. The van der Waals surface area contributed by atoms with Gasteiger partial charge in [-0.3, -0.25) is 9.69 Å². The number of nitrogens with one attached hydrogen (secondary N) is 1. The number of piperazine rings is 1. The van der Waals surface area contributed by atoms with Gasteiger partial charge >= 0.3 is 0 Å². The Labute approximate surface area is 84.9 Å². The van der Waals surface area contributed by atoms with Crippen LogP contribution in [0.25, 0.3) is 0 Å². The molecule has 1 aliphatic heterocycles. The minimum atomic E-state index is -0.284. The first-order valence-corrected chi connectivity index (χ1v) is 4.94. The van der Waals surface area contributed by atoms with Crippen LogP contribution in [0.15, 0.2) is 0 Å². The molecule has 0 aromatic heterocycles. The van der Waals surface area contributed by atoms with Crippen molar-refractivity contribution in [3.8, 4) is 6.07 Å². The first kappa shape index (κ1) is 11.0. The van der Waals surface area contributed by atoms with Gasteiger partial charge in [-0.25, -0.2) is 0 Å². The van der Waals surface area contributed by atoms with E-state index in [2.05, 4.69) is 30.1 Å². The lowest BCUT2D eigenvalue weighted by Crippen LogP contribution is -2.65. The van der Waals surface area contributed by atoms with Crippen molar-refractivity contribution < 1.29 is 4.79 Å². The number of rotatable bonds is 2. The third-order valence-corrected chi connectivity index (χ3v) is 2.78. The highest BCUT2D eigenvalue weighted by molar-refractivity contribution is 5.83. The summed E-state index contributed by atoms with van der Waals surface area (Å²) in [6.45, 7) is 7.64. The van der Waals surface area contributed by atoms with Crippen LogP contribution in [0.4, 0.5) is 0 Å². The van der Waals surface area contributed by atoms with E-state index < -0.39 is 0 Å². The molecular formula is C10H17N3O. The summed E-state index contributed by atoms with van der Waals surface area (Å²) < 4.78 is 0. The molecule has 1 atom stereocenters. The summed E-state index contributed by atoms with van der Waals surface area (Å²) in [7, 11) is 0. The minimum absolute atomic E-state index is 0.0206. The first-order valence-electron chi connectivity index (χ1n) is 4.94. The van der Waals surface area contributed by atoms with Gasteiger partial charge in [-0.1, -0.05) is 6.92 Å². The summed E-state index contributed by atoms with van der Waals surface area (Å²) in [5.74, 6) is -0.0206. The molecule has 1 heterocycles. The van der Waals surface area contributed by atoms with Gasteiger partial charge in [0.25, 0.3) is 0 Å². The van der Waals surface area contributed by atoms with Gasteiger partial charge in [-0.2, -0.15) is 5.26 Å². The highest BCUT2D eigenvalue weighted by Gasteiger charge is 2.39. The van der Waals surface area contributed by atoms with Crippen LogP contribution in [-0.2, 0) is 4.79 Å². The van der Waals surface area contributed by atoms with Crippen LogP contribution in [0.2, 0.25) is 0 Å². The van der Waals surface area contributed by atoms with E-state index in [4.69, 9.17) is 5.26 Å². The van der Waals surface area contributed by atoms with E-state index in [0.717, 1.165) is 6.54 Å².